The maximum atomic E-state index is 14.5. The van der Waals surface area contributed by atoms with Crippen molar-refractivity contribution in [2.24, 2.45) is 0 Å². The highest BCUT2D eigenvalue weighted by Gasteiger charge is 2.27. The van der Waals surface area contributed by atoms with E-state index in [2.05, 4.69) is 9.97 Å². The highest BCUT2D eigenvalue weighted by Crippen LogP contribution is 2.32. The molecule has 0 bridgehead atoms. The Morgan fingerprint density at radius 2 is 1.82 bits per heavy atom. The number of benzene rings is 2. The monoisotopic (exact) mass is 485 g/mol. The summed E-state index contributed by atoms with van der Waals surface area (Å²) in [6, 6.07) is 13.6. The lowest BCUT2D eigenvalue weighted by Crippen LogP contribution is -2.29. The molecule has 0 amide bonds. The highest BCUT2D eigenvalue weighted by atomic mass is 32.2. The van der Waals surface area contributed by atoms with E-state index in [1.807, 2.05) is 0 Å². The second-order valence-corrected chi connectivity index (χ2v) is 9.95. The Bertz CT molecular complexity index is 1510. The van der Waals surface area contributed by atoms with E-state index in [0.29, 0.717) is 40.2 Å². The average molecular weight is 486 g/mol. The predicted molar refractivity (Wildman–Crippen MR) is 128 cm³/mol. The molecule has 1 N–H and O–H groups in total. The van der Waals surface area contributed by atoms with Crippen molar-refractivity contribution < 1.29 is 22.3 Å². The Balaban J connectivity index is 1.96. The first-order valence-electron chi connectivity index (χ1n) is 10.6. The third-order valence-electron chi connectivity index (χ3n) is 5.38. The first-order valence-corrected chi connectivity index (χ1v) is 12.6. The molecule has 0 radical (unpaired) electrons. The van der Waals surface area contributed by atoms with Crippen LogP contribution in [0.4, 0.5) is 4.39 Å². The van der Waals surface area contributed by atoms with Gasteiger partial charge in [-0.1, -0.05) is 30.3 Å². The van der Waals surface area contributed by atoms with Crippen molar-refractivity contribution in [2.45, 2.75) is 13.0 Å². The number of ether oxygens (including phenoxy) is 2. The van der Waals surface area contributed by atoms with Gasteiger partial charge in [0, 0.05) is 17.4 Å². The SMILES string of the molecule is CCOc1nc([C@@H](CS(C)(=O)=O)n2c(=O)[nH]c3c(-c4ccccc4F)cccc32)ccc1OC. The highest BCUT2D eigenvalue weighted by molar-refractivity contribution is 7.90. The molecule has 8 nitrogen and oxygen atoms in total. The van der Waals surface area contributed by atoms with Gasteiger partial charge in [0.25, 0.3) is 5.88 Å². The smallest absolute Gasteiger partial charge is 0.327 e. The fourth-order valence-corrected chi connectivity index (χ4v) is 4.86. The summed E-state index contributed by atoms with van der Waals surface area (Å²) < 4.78 is 51.4. The Morgan fingerprint density at radius 3 is 2.50 bits per heavy atom. The molecular formula is C24H24FN3O5S. The summed E-state index contributed by atoms with van der Waals surface area (Å²) in [7, 11) is -2.06. The molecule has 2 aromatic heterocycles. The zero-order valence-electron chi connectivity index (χ0n) is 18.9. The molecular weight excluding hydrogens is 461 g/mol. The Labute approximate surface area is 195 Å². The summed E-state index contributed by atoms with van der Waals surface area (Å²) in [5.41, 5.74) is 1.41. The van der Waals surface area contributed by atoms with E-state index >= 15 is 0 Å². The van der Waals surface area contributed by atoms with Crippen LogP contribution in [0.25, 0.3) is 22.2 Å². The van der Waals surface area contributed by atoms with E-state index in [4.69, 9.17) is 9.47 Å². The van der Waals surface area contributed by atoms with E-state index in [9.17, 15) is 17.6 Å². The molecule has 4 aromatic rings. The summed E-state index contributed by atoms with van der Waals surface area (Å²) in [5, 5.41) is 0. The zero-order valence-corrected chi connectivity index (χ0v) is 19.7. The number of pyridine rings is 1. The molecule has 1 atom stereocenters. The number of nitrogens with one attached hydrogen (secondary N) is 1. The van der Waals surface area contributed by atoms with Crippen molar-refractivity contribution in [1.82, 2.24) is 14.5 Å². The standard InChI is InChI=1S/C24H24FN3O5S/c1-4-33-23-21(32-2)13-12-18(26-23)20(14-34(3,30)31)28-19-11-7-9-16(22(19)27-24(28)29)15-8-5-6-10-17(15)25/h5-13,20H,4,14H2,1-3H3,(H,27,29)/t20-/m1/s1. The van der Waals surface area contributed by atoms with Gasteiger partial charge in [-0.05, 0) is 31.2 Å². The minimum atomic E-state index is -3.54. The van der Waals surface area contributed by atoms with Crippen LogP contribution in [0.2, 0.25) is 0 Å². The normalized spacial score (nSPS) is 12.6. The van der Waals surface area contributed by atoms with Crippen molar-refractivity contribution in [3.05, 3.63) is 76.6 Å². The molecule has 0 saturated carbocycles. The van der Waals surface area contributed by atoms with Crippen LogP contribution in [0.15, 0.2) is 59.4 Å². The number of para-hydroxylation sites is 1. The molecule has 0 spiro atoms. The van der Waals surface area contributed by atoms with Crippen LogP contribution in [-0.4, -0.2) is 48.7 Å². The van der Waals surface area contributed by atoms with Gasteiger partial charge in [-0.15, -0.1) is 0 Å². The van der Waals surface area contributed by atoms with Crippen LogP contribution in [0, 0.1) is 5.82 Å². The van der Waals surface area contributed by atoms with Crippen LogP contribution >= 0.6 is 0 Å². The third-order valence-corrected chi connectivity index (χ3v) is 6.30. The quantitative estimate of drug-likeness (QED) is 0.409. The molecule has 34 heavy (non-hydrogen) atoms. The number of imidazole rings is 1. The van der Waals surface area contributed by atoms with Crippen LogP contribution in [0.3, 0.4) is 0 Å². The fourth-order valence-electron chi connectivity index (χ4n) is 3.96. The number of aromatic nitrogens is 3. The van der Waals surface area contributed by atoms with Gasteiger partial charge >= 0.3 is 5.69 Å². The molecule has 0 unspecified atom stereocenters. The molecule has 2 heterocycles. The lowest BCUT2D eigenvalue weighted by atomic mass is 10.0. The van der Waals surface area contributed by atoms with Gasteiger partial charge in [-0.2, -0.15) is 0 Å². The average Bonchev–Trinajstić information content (AvgIpc) is 3.13. The van der Waals surface area contributed by atoms with Crippen molar-refractivity contribution in [2.75, 3.05) is 25.7 Å². The first-order chi connectivity index (χ1) is 16.2. The lowest BCUT2D eigenvalue weighted by Gasteiger charge is -2.19. The first kappa shape index (κ1) is 23.5. The number of fused-ring (bicyclic) bond motifs is 1. The molecule has 178 valence electrons. The number of rotatable bonds is 8. The summed E-state index contributed by atoms with van der Waals surface area (Å²) in [6.07, 6.45) is 1.09. The molecule has 0 fully saturated rings. The second-order valence-electron chi connectivity index (χ2n) is 7.76. The second kappa shape index (κ2) is 9.30. The fraction of sp³-hybridized carbons (Fsp3) is 0.250. The number of methoxy groups -OCH3 is 1. The predicted octanol–water partition coefficient (Wildman–Crippen LogP) is 3.57. The number of H-pyrrole nitrogens is 1. The molecule has 0 aliphatic heterocycles. The number of hydrogen-bond acceptors (Lipinski definition) is 6. The van der Waals surface area contributed by atoms with Crippen LogP contribution in [-0.2, 0) is 9.84 Å². The molecule has 2 aromatic carbocycles. The maximum absolute atomic E-state index is 14.5. The van der Waals surface area contributed by atoms with Gasteiger partial charge in [-0.3, -0.25) is 4.57 Å². The largest absolute Gasteiger partial charge is 0.491 e. The molecule has 0 saturated heterocycles. The minimum absolute atomic E-state index is 0.195. The maximum Gasteiger partial charge on any atom is 0.327 e. The number of aromatic amines is 1. The van der Waals surface area contributed by atoms with Gasteiger partial charge in [0.1, 0.15) is 15.7 Å². The van der Waals surface area contributed by atoms with E-state index < -0.39 is 27.4 Å². The van der Waals surface area contributed by atoms with Crippen LogP contribution in [0.5, 0.6) is 11.6 Å². The number of sulfone groups is 1. The summed E-state index contributed by atoms with van der Waals surface area (Å²) in [5.74, 6) is -0.235. The number of nitrogens with zero attached hydrogens (tertiary/aromatic N) is 2. The molecule has 0 aliphatic carbocycles. The van der Waals surface area contributed by atoms with Gasteiger partial charge in [0.15, 0.2) is 5.75 Å². The summed E-state index contributed by atoms with van der Waals surface area (Å²) in [6.45, 7) is 2.11. The van der Waals surface area contributed by atoms with Crippen LogP contribution in [0.1, 0.15) is 18.7 Å². The van der Waals surface area contributed by atoms with Crippen molar-refractivity contribution in [3.8, 4) is 22.8 Å². The molecule has 4 rings (SSSR count). The lowest BCUT2D eigenvalue weighted by molar-refractivity contribution is 0.296. The van der Waals surface area contributed by atoms with E-state index in [1.54, 1.807) is 55.5 Å². The topological polar surface area (TPSA) is 103 Å². The van der Waals surface area contributed by atoms with E-state index in [1.165, 1.54) is 17.7 Å². The number of halogens is 1. The zero-order chi connectivity index (χ0) is 24.5. The Hall–Kier alpha value is -3.66. The summed E-state index contributed by atoms with van der Waals surface area (Å²) in [4.78, 5) is 20.4. The van der Waals surface area contributed by atoms with Gasteiger partial charge < -0.3 is 14.5 Å². The molecule has 10 heteroatoms. The van der Waals surface area contributed by atoms with E-state index in [-0.39, 0.29) is 11.6 Å². The van der Waals surface area contributed by atoms with Crippen LogP contribution < -0.4 is 15.2 Å². The Kier molecular flexibility index (Phi) is 6.43. The number of hydrogen-bond donors (Lipinski definition) is 1. The Morgan fingerprint density at radius 1 is 1.09 bits per heavy atom. The van der Waals surface area contributed by atoms with E-state index in [0.717, 1.165) is 6.26 Å². The van der Waals surface area contributed by atoms with Gasteiger partial charge in [0.2, 0.25) is 0 Å². The third kappa shape index (κ3) is 4.54. The minimum Gasteiger partial charge on any atom is -0.491 e. The van der Waals surface area contributed by atoms with Crippen molar-refractivity contribution in [3.63, 3.8) is 0 Å². The van der Waals surface area contributed by atoms with Crippen molar-refractivity contribution in [1.29, 1.82) is 0 Å². The van der Waals surface area contributed by atoms with Gasteiger partial charge in [-0.25, -0.2) is 22.6 Å². The molecule has 0 aliphatic rings. The summed E-state index contributed by atoms with van der Waals surface area (Å²) >= 11 is 0. The van der Waals surface area contributed by atoms with Gasteiger partial charge in [0.05, 0.1) is 42.2 Å². The van der Waals surface area contributed by atoms with Crippen molar-refractivity contribution >= 4 is 20.9 Å².